The Hall–Kier alpha value is -1.48. The molecule has 4 heteroatoms. The highest BCUT2D eigenvalue weighted by Gasteiger charge is 2.24. The molecule has 0 aliphatic heterocycles. The Morgan fingerprint density at radius 2 is 2.15 bits per heavy atom. The van der Waals surface area contributed by atoms with Gasteiger partial charge in [-0.05, 0) is 37.5 Å². The normalized spacial score (nSPS) is 15.9. The van der Waals surface area contributed by atoms with E-state index in [1.54, 1.807) is 6.08 Å². The number of hydrogen-bond donors (Lipinski definition) is 1. The molecule has 0 atom stereocenters. The summed E-state index contributed by atoms with van der Waals surface area (Å²) in [4.78, 5) is 13.0. The summed E-state index contributed by atoms with van der Waals surface area (Å²) in [6, 6.07) is 6.15. The first-order valence-electron chi connectivity index (χ1n) is 7.09. The number of aliphatic carboxylic acids is 1. The third-order valence-corrected chi connectivity index (χ3v) is 4.12. The van der Waals surface area contributed by atoms with Gasteiger partial charge in [0.25, 0.3) is 0 Å². The molecular formula is C16H20ClNO2. The number of nitrogens with zero attached hydrogens (tertiary/aromatic N) is 1. The number of carbonyl (C=O) groups is 1. The zero-order chi connectivity index (χ0) is 14.5. The lowest BCUT2D eigenvalue weighted by Gasteiger charge is -2.32. The van der Waals surface area contributed by atoms with Crippen LogP contribution in [-0.2, 0) is 4.79 Å². The molecule has 1 aliphatic carbocycles. The van der Waals surface area contributed by atoms with Crippen LogP contribution < -0.4 is 4.90 Å². The van der Waals surface area contributed by atoms with Gasteiger partial charge in [-0.1, -0.05) is 36.6 Å². The molecule has 0 radical (unpaired) electrons. The molecule has 0 heterocycles. The third kappa shape index (κ3) is 3.34. The highest BCUT2D eigenvalue weighted by molar-refractivity contribution is 6.33. The Bertz CT molecular complexity index is 507. The van der Waals surface area contributed by atoms with Gasteiger partial charge in [-0.3, -0.25) is 0 Å². The molecule has 0 amide bonds. The SMILES string of the molecule is CCN(c1c(Cl)cccc1/C=C/C(=O)O)C1CCCC1. The van der Waals surface area contributed by atoms with E-state index in [9.17, 15) is 4.79 Å². The average Bonchev–Trinajstić information content (AvgIpc) is 2.93. The molecule has 108 valence electrons. The molecule has 1 N–H and O–H groups in total. The van der Waals surface area contributed by atoms with Crippen LogP contribution in [0.4, 0.5) is 5.69 Å². The first-order valence-corrected chi connectivity index (χ1v) is 7.47. The van der Waals surface area contributed by atoms with Crippen molar-refractivity contribution in [3.63, 3.8) is 0 Å². The molecule has 1 fully saturated rings. The fourth-order valence-electron chi connectivity index (χ4n) is 2.95. The molecule has 1 saturated carbocycles. The fraction of sp³-hybridized carbons (Fsp3) is 0.438. The van der Waals surface area contributed by atoms with Gasteiger partial charge in [0.1, 0.15) is 0 Å². The summed E-state index contributed by atoms with van der Waals surface area (Å²) in [6.07, 6.45) is 7.67. The standard InChI is InChI=1S/C16H20ClNO2/c1-2-18(13-7-3-4-8-13)16-12(10-11-15(19)20)6-5-9-14(16)17/h5-6,9-11,13H,2-4,7-8H2,1H3,(H,19,20)/b11-10+. The number of benzene rings is 1. The van der Waals surface area contributed by atoms with E-state index in [0.29, 0.717) is 11.1 Å². The third-order valence-electron chi connectivity index (χ3n) is 3.82. The molecular weight excluding hydrogens is 274 g/mol. The predicted octanol–water partition coefficient (Wildman–Crippen LogP) is 4.21. The van der Waals surface area contributed by atoms with Crippen LogP contribution in [0.1, 0.15) is 38.2 Å². The zero-order valence-electron chi connectivity index (χ0n) is 11.7. The van der Waals surface area contributed by atoms with Crippen LogP contribution >= 0.6 is 11.6 Å². The monoisotopic (exact) mass is 293 g/mol. The van der Waals surface area contributed by atoms with Gasteiger partial charge >= 0.3 is 5.97 Å². The Labute approximate surface area is 124 Å². The second kappa shape index (κ2) is 6.80. The van der Waals surface area contributed by atoms with Crippen molar-refractivity contribution < 1.29 is 9.90 Å². The Morgan fingerprint density at radius 3 is 2.75 bits per heavy atom. The lowest BCUT2D eigenvalue weighted by Crippen LogP contribution is -2.33. The lowest BCUT2D eigenvalue weighted by atomic mass is 10.1. The van der Waals surface area contributed by atoms with Crippen LogP contribution in [0.2, 0.25) is 5.02 Å². The summed E-state index contributed by atoms with van der Waals surface area (Å²) in [5.41, 5.74) is 1.83. The molecule has 0 bridgehead atoms. The van der Waals surface area contributed by atoms with Crippen LogP contribution in [0.15, 0.2) is 24.3 Å². The number of rotatable bonds is 5. The molecule has 1 aromatic carbocycles. The van der Waals surface area contributed by atoms with Gasteiger partial charge in [0.2, 0.25) is 0 Å². The maximum atomic E-state index is 10.7. The molecule has 0 spiro atoms. The minimum Gasteiger partial charge on any atom is -0.478 e. The van der Waals surface area contributed by atoms with Crippen LogP contribution in [0.3, 0.4) is 0 Å². The van der Waals surface area contributed by atoms with E-state index in [4.69, 9.17) is 16.7 Å². The molecule has 1 aromatic rings. The maximum absolute atomic E-state index is 10.7. The van der Waals surface area contributed by atoms with E-state index in [-0.39, 0.29) is 0 Å². The van der Waals surface area contributed by atoms with Gasteiger partial charge in [0.05, 0.1) is 10.7 Å². The minimum atomic E-state index is -0.945. The predicted molar refractivity (Wildman–Crippen MR) is 83.4 cm³/mol. The summed E-state index contributed by atoms with van der Waals surface area (Å²) < 4.78 is 0. The summed E-state index contributed by atoms with van der Waals surface area (Å²) in [5.74, 6) is -0.945. The van der Waals surface area contributed by atoms with E-state index < -0.39 is 5.97 Å². The van der Waals surface area contributed by atoms with Gasteiger partial charge in [-0.2, -0.15) is 0 Å². The number of para-hydroxylation sites is 1. The van der Waals surface area contributed by atoms with Crippen molar-refractivity contribution in [1.29, 1.82) is 0 Å². The first kappa shape index (κ1) is 14.9. The molecule has 20 heavy (non-hydrogen) atoms. The number of carboxylic acid groups (broad SMARTS) is 1. The smallest absolute Gasteiger partial charge is 0.328 e. The average molecular weight is 294 g/mol. The highest BCUT2D eigenvalue weighted by atomic mass is 35.5. The van der Waals surface area contributed by atoms with E-state index in [0.717, 1.165) is 23.9 Å². The second-order valence-electron chi connectivity index (χ2n) is 5.07. The molecule has 0 aromatic heterocycles. The van der Waals surface area contributed by atoms with E-state index in [1.165, 1.54) is 25.7 Å². The second-order valence-corrected chi connectivity index (χ2v) is 5.48. The summed E-state index contributed by atoms with van der Waals surface area (Å²) in [6.45, 7) is 2.99. The molecule has 2 rings (SSSR count). The van der Waals surface area contributed by atoms with Crippen molar-refractivity contribution in [2.75, 3.05) is 11.4 Å². The summed E-state index contributed by atoms with van der Waals surface area (Å²) in [5, 5.41) is 9.50. The molecule has 0 unspecified atom stereocenters. The van der Waals surface area contributed by atoms with Crippen LogP contribution in [0.5, 0.6) is 0 Å². The van der Waals surface area contributed by atoms with Gasteiger partial charge in [-0.15, -0.1) is 0 Å². The van der Waals surface area contributed by atoms with Crippen LogP contribution in [-0.4, -0.2) is 23.7 Å². The van der Waals surface area contributed by atoms with Crippen LogP contribution in [0.25, 0.3) is 6.08 Å². The van der Waals surface area contributed by atoms with Crippen LogP contribution in [0, 0.1) is 0 Å². The van der Waals surface area contributed by atoms with Crippen molar-refractivity contribution in [2.24, 2.45) is 0 Å². The minimum absolute atomic E-state index is 0.511. The van der Waals surface area contributed by atoms with Crippen molar-refractivity contribution >= 4 is 29.3 Å². The van der Waals surface area contributed by atoms with Gasteiger partial charge in [0.15, 0.2) is 0 Å². The number of carboxylic acids is 1. The van der Waals surface area contributed by atoms with Gasteiger partial charge in [-0.25, -0.2) is 4.79 Å². The quantitative estimate of drug-likeness (QED) is 0.827. The van der Waals surface area contributed by atoms with Gasteiger partial charge < -0.3 is 10.0 Å². The molecule has 1 aliphatic rings. The number of hydrogen-bond acceptors (Lipinski definition) is 2. The summed E-state index contributed by atoms with van der Waals surface area (Å²) >= 11 is 6.37. The topological polar surface area (TPSA) is 40.5 Å². The van der Waals surface area contributed by atoms with E-state index >= 15 is 0 Å². The van der Waals surface area contributed by atoms with Gasteiger partial charge in [0, 0.05) is 18.7 Å². The lowest BCUT2D eigenvalue weighted by molar-refractivity contribution is -0.131. The van der Waals surface area contributed by atoms with Crippen molar-refractivity contribution in [3.05, 3.63) is 34.9 Å². The highest BCUT2D eigenvalue weighted by Crippen LogP contribution is 2.36. The van der Waals surface area contributed by atoms with E-state index in [1.807, 2.05) is 18.2 Å². The maximum Gasteiger partial charge on any atom is 0.328 e. The first-order chi connectivity index (χ1) is 9.63. The number of anilines is 1. The number of halogens is 1. The van der Waals surface area contributed by atoms with E-state index in [2.05, 4.69) is 11.8 Å². The van der Waals surface area contributed by atoms with Crippen molar-refractivity contribution in [2.45, 2.75) is 38.6 Å². The Balaban J connectivity index is 2.39. The fourth-order valence-corrected chi connectivity index (χ4v) is 3.24. The largest absolute Gasteiger partial charge is 0.478 e. The Morgan fingerprint density at radius 1 is 1.45 bits per heavy atom. The van der Waals surface area contributed by atoms with Crippen molar-refractivity contribution in [3.8, 4) is 0 Å². The Kier molecular flexibility index (Phi) is 5.07. The van der Waals surface area contributed by atoms with Crippen molar-refractivity contribution in [1.82, 2.24) is 0 Å². The zero-order valence-corrected chi connectivity index (χ0v) is 12.4. The molecule has 3 nitrogen and oxygen atoms in total. The molecule has 0 saturated heterocycles. The summed E-state index contributed by atoms with van der Waals surface area (Å²) in [7, 11) is 0.